The second kappa shape index (κ2) is 7.12. The highest BCUT2D eigenvalue weighted by Crippen LogP contribution is 2.28. The average molecular weight is 326 g/mol. The minimum absolute atomic E-state index is 0.0838. The van der Waals surface area contributed by atoms with Gasteiger partial charge < -0.3 is 25.6 Å². The minimum Gasteiger partial charge on any atom is -0.495 e. The van der Waals surface area contributed by atoms with Gasteiger partial charge in [-0.05, 0) is 36.4 Å². The molecule has 0 aliphatic carbocycles. The maximum Gasteiger partial charge on any atom is 0.321 e. The van der Waals surface area contributed by atoms with Crippen LogP contribution in [0.25, 0.3) is 0 Å². The number of nitrogens with zero attached hydrogens (tertiary/aromatic N) is 2. The lowest BCUT2D eigenvalue weighted by atomic mass is 10.2. The molecule has 6 heteroatoms. The summed E-state index contributed by atoms with van der Waals surface area (Å²) in [7, 11) is 1.68. The van der Waals surface area contributed by atoms with Gasteiger partial charge in [-0.25, -0.2) is 4.79 Å². The highest BCUT2D eigenvalue weighted by Gasteiger charge is 2.22. The number of para-hydroxylation sites is 2. The number of nitrogens with two attached hydrogens (primary N) is 1. The Morgan fingerprint density at radius 1 is 1.04 bits per heavy atom. The van der Waals surface area contributed by atoms with Crippen molar-refractivity contribution in [1.82, 2.24) is 4.90 Å². The SMILES string of the molecule is COc1ccccc1N1CCN(C(=O)Nc2ccc(N)cc2)CC1. The molecule has 2 aromatic carbocycles. The normalized spacial score (nSPS) is 14.4. The van der Waals surface area contributed by atoms with Crippen molar-refractivity contribution in [2.45, 2.75) is 0 Å². The first kappa shape index (κ1) is 16.0. The number of urea groups is 1. The highest BCUT2D eigenvalue weighted by atomic mass is 16.5. The van der Waals surface area contributed by atoms with Gasteiger partial charge in [0.05, 0.1) is 12.8 Å². The van der Waals surface area contributed by atoms with Crippen molar-refractivity contribution in [2.24, 2.45) is 0 Å². The van der Waals surface area contributed by atoms with Gasteiger partial charge in [-0.2, -0.15) is 0 Å². The number of nitrogens with one attached hydrogen (secondary N) is 1. The Bertz CT molecular complexity index is 694. The van der Waals surface area contributed by atoms with Gasteiger partial charge in [-0.1, -0.05) is 12.1 Å². The van der Waals surface area contributed by atoms with Crippen LogP contribution in [-0.4, -0.2) is 44.2 Å². The van der Waals surface area contributed by atoms with Gasteiger partial charge in [0, 0.05) is 37.6 Å². The molecule has 0 aromatic heterocycles. The van der Waals surface area contributed by atoms with E-state index in [-0.39, 0.29) is 6.03 Å². The number of ether oxygens (including phenoxy) is 1. The molecule has 0 atom stereocenters. The summed E-state index contributed by atoms with van der Waals surface area (Å²) in [5.41, 5.74) is 8.15. The maximum atomic E-state index is 12.4. The quantitative estimate of drug-likeness (QED) is 0.851. The van der Waals surface area contributed by atoms with Crippen molar-refractivity contribution in [2.75, 3.05) is 49.2 Å². The molecule has 1 saturated heterocycles. The molecular weight excluding hydrogens is 304 g/mol. The van der Waals surface area contributed by atoms with Crippen molar-refractivity contribution in [3.05, 3.63) is 48.5 Å². The summed E-state index contributed by atoms with van der Waals surface area (Å²) >= 11 is 0. The number of carbonyl (C=O) groups excluding carboxylic acids is 1. The number of rotatable bonds is 3. The van der Waals surface area contributed by atoms with Crippen molar-refractivity contribution in [3.8, 4) is 5.75 Å². The predicted octanol–water partition coefficient (Wildman–Crippen LogP) is 2.63. The smallest absolute Gasteiger partial charge is 0.321 e. The van der Waals surface area contributed by atoms with Gasteiger partial charge in [0.1, 0.15) is 5.75 Å². The van der Waals surface area contributed by atoms with E-state index in [1.807, 2.05) is 29.2 Å². The van der Waals surface area contributed by atoms with Crippen LogP contribution in [-0.2, 0) is 0 Å². The number of piperazine rings is 1. The standard InChI is InChI=1S/C18H22N4O2/c1-24-17-5-3-2-4-16(17)21-10-12-22(13-11-21)18(23)20-15-8-6-14(19)7-9-15/h2-9H,10-13,19H2,1H3,(H,20,23). The molecule has 0 radical (unpaired) electrons. The molecule has 3 N–H and O–H groups in total. The Labute approximate surface area is 141 Å². The number of anilines is 3. The summed E-state index contributed by atoms with van der Waals surface area (Å²) in [6, 6.07) is 15.0. The molecule has 0 spiro atoms. The summed E-state index contributed by atoms with van der Waals surface area (Å²) in [5.74, 6) is 0.859. The fraction of sp³-hybridized carbons (Fsp3) is 0.278. The molecule has 1 aliphatic rings. The van der Waals surface area contributed by atoms with E-state index in [2.05, 4.69) is 10.2 Å². The molecule has 3 rings (SSSR count). The van der Waals surface area contributed by atoms with Crippen LogP contribution in [0.2, 0.25) is 0 Å². The first-order valence-electron chi connectivity index (χ1n) is 7.97. The van der Waals surface area contributed by atoms with Gasteiger partial charge >= 0.3 is 6.03 Å². The molecule has 0 unspecified atom stereocenters. The van der Waals surface area contributed by atoms with Crippen LogP contribution in [0.5, 0.6) is 5.75 Å². The Morgan fingerprint density at radius 3 is 2.38 bits per heavy atom. The van der Waals surface area contributed by atoms with E-state index in [0.717, 1.165) is 30.2 Å². The molecule has 1 aliphatic heterocycles. The summed E-state index contributed by atoms with van der Waals surface area (Å²) in [6.45, 7) is 2.88. The van der Waals surface area contributed by atoms with Crippen LogP contribution in [0.15, 0.2) is 48.5 Å². The van der Waals surface area contributed by atoms with Crippen molar-refractivity contribution >= 4 is 23.1 Å². The fourth-order valence-corrected chi connectivity index (χ4v) is 2.81. The summed E-state index contributed by atoms with van der Waals surface area (Å²) in [5, 5.41) is 2.90. The number of hydrogen-bond acceptors (Lipinski definition) is 4. The molecule has 126 valence electrons. The topological polar surface area (TPSA) is 70.8 Å². The van der Waals surface area contributed by atoms with Crippen LogP contribution >= 0.6 is 0 Å². The first-order chi connectivity index (χ1) is 11.7. The lowest BCUT2D eigenvalue weighted by Gasteiger charge is -2.36. The maximum absolute atomic E-state index is 12.4. The van der Waals surface area contributed by atoms with E-state index in [4.69, 9.17) is 10.5 Å². The molecule has 6 nitrogen and oxygen atoms in total. The fourth-order valence-electron chi connectivity index (χ4n) is 2.81. The number of hydrogen-bond donors (Lipinski definition) is 2. The lowest BCUT2D eigenvalue weighted by molar-refractivity contribution is 0.208. The van der Waals surface area contributed by atoms with E-state index in [9.17, 15) is 4.79 Å². The van der Waals surface area contributed by atoms with Crippen LogP contribution in [0.1, 0.15) is 0 Å². The third-order valence-corrected chi connectivity index (χ3v) is 4.15. The summed E-state index contributed by atoms with van der Waals surface area (Å²) < 4.78 is 5.42. The average Bonchev–Trinajstić information content (AvgIpc) is 2.63. The number of nitrogen functional groups attached to an aromatic ring is 1. The molecule has 2 amide bonds. The molecule has 1 heterocycles. The van der Waals surface area contributed by atoms with Gasteiger partial charge in [0.15, 0.2) is 0 Å². The van der Waals surface area contributed by atoms with Gasteiger partial charge in [-0.15, -0.1) is 0 Å². The predicted molar refractivity (Wildman–Crippen MR) is 96.7 cm³/mol. The number of benzene rings is 2. The minimum atomic E-state index is -0.0838. The Hall–Kier alpha value is -2.89. The van der Waals surface area contributed by atoms with Crippen molar-refractivity contribution in [3.63, 3.8) is 0 Å². The zero-order valence-corrected chi connectivity index (χ0v) is 13.7. The number of carbonyl (C=O) groups is 1. The van der Waals surface area contributed by atoms with Crippen LogP contribution in [0.3, 0.4) is 0 Å². The molecule has 2 aromatic rings. The molecule has 1 fully saturated rings. The zero-order valence-electron chi connectivity index (χ0n) is 13.7. The first-order valence-corrected chi connectivity index (χ1v) is 7.97. The molecule has 24 heavy (non-hydrogen) atoms. The van der Waals surface area contributed by atoms with Crippen LogP contribution in [0.4, 0.5) is 21.9 Å². The van der Waals surface area contributed by atoms with Crippen molar-refractivity contribution in [1.29, 1.82) is 0 Å². The Balaban J connectivity index is 1.58. The van der Waals surface area contributed by atoms with Gasteiger partial charge in [-0.3, -0.25) is 0 Å². The second-order valence-corrected chi connectivity index (χ2v) is 5.70. The summed E-state index contributed by atoms with van der Waals surface area (Å²) in [4.78, 5) is 16.4. The van der Waals surface area contributed by atoms with E-state index in [1.165, 1.54) is 0 Å². The van der Waals surface area contributed by atoms with E-state index in [0.29, 0.717) is 18.8 Å². The van der Waals surface area contributed by atoms with E-state index < -0.39 is 0 Å². The summed E-state index contributed by atoms with van der Waals surface area (Å²) in [6.07, 6.45) is 0. The monoisotopic (exact) mass is 326 g/mol. The largest absolute Gasteiger partial charge is 0.495 e. The van der Waals surface area contributed by atoms with E-state index >= 15 is 0 Å². The van der Waals surface area contributed by atoms with E-state index in [1.54, 1.807) is 31.4 Å². The Kier molecular flexibility index (Phi) is 4.74. The zero-order chi connectivity index (χ0) is 16.9. The second-order valence-electron chi connectivity index (χ2n) is 5.70. The Morgan fingerprint density at radius 2 is 1.71 bits per heavy atom. The highest BCUT2D eigenvalue weighted by molar-refractivity contribution is 5.89. The van der Waals surface area contributed by atoms with Gasteiger partial charge in [0.25, 0.3) is 0 Å². The number of methoxy groups -OCH3 is 1. The molecule has 0 saturated carbocycles. The van der Waals surface area contributed by atoms with Gasteiger partial charge in [0.2, 0.25) is 0 Å². The lowest BCUT2D eigenvalue weighted by Crippen LogP contribution is -2.50. The number of amides is 2. The molecular formula is C18H22N4O2. The van der Waals surface area contributed by atoms with Crippen LogP contribution < -0.4 is 20.7 Å². The van der Waals surface area contributed by atoms with Crippen molar-refractivity contribution < 1.29 is 9.53 Å². The third-order valence-electron chi connectivity index (χ3n) is 4.15. The van der Waals surface area contributed by atoms with Crippen LogP contribution in [0, 0.1) is 0 Å². The third kappa shape index (κ3) is 3.53. The molecule has 0 bridgehead atoms.